The normalized spacial score (nSPS) is 18.3. The predicted octanol–water partition coefficient (Wildman–Crippen LogP) is 6.11. The summed E-state index contributed by atoms with van der Waals surface area (Å²) in [5, 5.41) is 0.758. The molecule has 1 aromatic carbocycles. The number of hydrogen-bond donors (Lipinski definition) is 0. The van der Waals surface area contributed by atoms with Gasteiger partial charge in [-0.3, -0.25) is 9.59 Å². The van der Waals surface area contributed by atoms with Crippen molar-refractivity contribution in [1.82, 2.24) is 4.98 Å². The summed E-state index contributed by atoms with van der Waals surface area (Å²) in [4.78, 5) is 30.9. The monoisotopic (exact) mass is 463 g/mol. The third kappa shape index (κ3) is 4.50. The van der Waals surface area contributed by atoms with E-state index in [9.17, 15) is 9.59 Å². The zero-order valence-corrected chi connectivity index (χ0v) is 20.1. The van der Waals surface area contributed by atoms with Crippen LogP contribution in [0.4, 0.5) is 0 Å². The van der Waals surface area contributed by atoms with Gasteiger partial charge in [-0.2, -0.15) is 0 Å². The Morgan fingerprint density at radius 2 is 1.58 bits per heavy atom. The molecule has 0 saturated carbocycles. The van der Waals surface area contributed by atoms with Crippen LogP contribution in [0, 0.1) is 0 Å². The molecular weight excluding hydrogens is 437 g/mol. The third-order valence-corrected chi connectivity index (χ3v) is 6.15. The molecule has 2 aromatic rings. The van der Waals surface area contributed by atoms with Gasteiger partial charge in [-0.05, 0) is 69.9 Å². The standard InChI is InChI=1S/C24H27Cl2NO4/c1-7-13-9-10-14(30-22-17(26)12-16(25)18(8-2)27-22)11-15(13)19-20(28)23(3,4)31-24(5,6)21(19)29/h9-12,19H,7-8H2,1-6H3. The first-order valence-electron chi connectivity index (χ1n) is 10.4. The molecule has 0 N–H and O–H groups in total. The molecule has 0 aliphatic carbocycles. The molecule has 5 nitrogen and oxygen atoms in total. The lowest BCUT2D eigenvalue weighted by Crippen LogP contribution is -2.58. The number of benzene rings is 1. The van der Waals surface area contributed by atoms with Gasteiger partial charge >= 0.3 is 0 Å². The van der Waals surface area contributed by atoms with E-state index in [1.165, 1.54) is 0 Å². The van der Waals surface area contributed by atoms with Crippen LogP contribution in [0.3, 0.4) is 0 Å². The van der Waals surface area contributed by atoms with Gasteiger partial charge < -0.3 is 9.47 Å². The van der Waals surface area contributed by atoms with E-state index >= 15 is 0 Å². The smallest absolute Gasteiger partial charge is 0.238 e. The molecule has 0 atom stereocenters. The fourth-order valence-electron chi connectivity index (χ4n) is 3.98. The molecule has 0 spiro atoms. The van der Waals surface area contributed by atoms with Crippen molar-refractivity contribution in [3.63, 3.8) is 0 Å². The molecule has 0 unspecified atom stereocenters. The average molecular weight is 464 g/mol. The molecule has 1 saturated heterocycles. The Morgan fingerprint density at radius 3 is 2.13 bits per heavy atom. The maximum Gasteiger partial charge on any atom is 0.238 e. The van der Waals surface area contributed by atoms with Crippen molar-refractivity contribution in [2.24, 2.45) is 0 Å². The van der Waals surface area contributed by atoms with Crippen molar-refractivity contribution >= 4 is 34.8 Å². The molecular formula is C24H27Cl2NO4. The van der Waals surface area contributed by atoms with Crippen LogP contribution in [0.25, 0.3) is 0 Å². The number of carbonyl (C=O) groups is 2. The van der Waals surface area contributed by atoms with E-state index in [4.69, 9.17) is 32.7 Å². The zero-order valence-electron chi connectivity index (χ0n) is 18.6. The summed E-state index contributed by atoms with van der Waals surface area (Å²) in [5.41, 5.74) is 0.0316. The van der Waals surface area contributed by atoms with Crippen molar-refractivity contribution in [2.45, 2.75) is 71.5 Å². The Hall–Kier alpha value is -1.95. The topological polar surface area (TPSA) is 65.5 Å². The number of hydrogen-bond acceptors (Lipinski definition) is 5. The van der Waals surface area contributed by atoms with Gasteiger partial charge in [0.15, 0.2) is 11.6 Å². The van der Waals surface area contributed by atoms with E-state index in [1.54, 1.807) is 45.9 Å². The van der Waals surface area contributed by atoms with Crippen molar-refractivity contribution in [1.29, 1.82) is 0 Å². The van der Waals surface area contributed by atoms with Crippen LogP contribution in [0.1, 0.15) is 64.3 Å². The molecule has 1 aliphatic heterocycles. The van der Waals surface area contributed by atoms with Gasteiger partial charge in [0.25, 0.3) is 0 Å². The number of carbonyl (C=O) groups excluding carboxylic acids is 2. The van der Waals surface area contributed by atoms with Crippen LogP contribution in [0.5, 0.6) is 11.6 Å². The Morgan fingerprint density at radius 1 is 0.968 bits per heavy atom. The Bertz CT molecular complexity index is 1020. The van der Waals surface area contributed by atoms with Crippen molar-refractivity contribution in [2.75, 3.05) is 0 Å². The summed E-state index contributed by atoms with van der Waals surface area (Å²) in [6.45, 7) is 10.7. The molecule has 166 valence electrons. The molecule has 1 fully saturated rings. The number of ether oxygens (including phenoxy) is 2. The minimum absolute atomic E-state index is 0.225. The van der Waals surface area contributed by atoms with E-state index in [0.717, 1.165) is 5.56 Å². The molecule has 0 bridgehead atoms. The number of pyridine rings is 1. The second-order valence-electron chi connectivity index (χ2n) is 8.66. The fourth-order valence-corrected chi connectivity index (χ4v) is 4.51. The minimum atomic E-state index is -1.08. The summed E-state index contributed by atoms with van der Waals surface area (Å²) < 4.78 is 11.8. The fraction of sp³-hybridized carbons (Fsp3) is 0.458. The van der Waals surface area contributed by atoms with Gasteiger partial charge in [0.05, 0.1) is 10.7 Å². The lowest BCUT2D eigenvalue weighted by Gasteiger charge is -2.43. The Balaban J connectivity index is 2.08. The van der Waals surface area contributed by atoms with E-state index in [0.29, 0.717) is 34.9 Å². The number of aryl methyl sites for hydroxylation is 2. The maximum atomic E-state index is 13.2. The average Bonchev–Trinajstić information content (AvgIpc) is 2.68. The van der Waals surface area contributed by atoms with Crippen LogP contribution in [0.15, 0.2) is 24.3 Å². The summed E-state index contributed by atoms with van der Waals surface area (Å²) in [6.07, 6.45) is 1.29. The van der Waals surface area contributed by atoms with Gasteiger partial charge in [-0.25, -0.2) is 4.98 Å². The number of ketones is 2. The molecule has 0 radical (unpaired) electrons. The highest BCUT2D eigenvalue weighted by Crippen LogP contribution is 2.41. The number of rotatable bonds is 5. The van der Waals surface area contributed by atoms with Gasteiger partial charge in [-0.1, -0.05) is 43.1 Å². The largest absolute Gasteiger partial charge is 0.438 e. The number of nitrogens with zero attached hydrogens (tertiary/aromatic N) is 1. The number of Topliss-reactive ketones (excluding diaryl/α,β-unsaturated/α-hetero) is 2. The molecule has 2 heterocycles. The third-order valence-electron chi connectivity index (χ3n) is 5.55. The van der Waals surface area contributed by atoms with Crippen LogP contribution in [-0.2, 0) is 27.2 Å². The highest BCUT2D eigenvalue weighted by Gasteiger charge is 2.53. The molecule has 1 aromatic heterocycles. The van der Waals surface area contributed by atoms with Gasteiger partial charge in [0, 0.05) is 0 Å². The molecule has 3 rings (SSSR count). The zero-order chi connectivity index (χ0) is 23.1. The van der Waals surface area contributed by atoms with E-state index in [2.05, 4.69) is 4.98 Å². The summed E-state index contributed by atoms with van der Waals surface area (Å²) in [6, 6.07) is 6.98. The van der Waals surface area contributed by atoms with E-state index < -0.39 is 17.1 Å². The highest BCUT2D eigenvalue weighted by molar-refractivity contribution is 6.35. The van der Waals surface area contributed by atoms with Crippen molar-refractivity contribution in [3.8, 4) is 11.6 Å². The molecule has 7 heteroatoms. The lowest BCUT2D eigenvalue weighted by atomic mass is 9.73. The second-order valence-corrected chi connectivity index (χ2v) is 9.47. The molecule has 0 amide bonds. The summed E-state index contributed by atoms with van der Waals surface area (Å²) in [5.74, 6) is -0.798. The van der Waals surface area contributed by atoms with Crippen molar-refractivity contribution in [3.05, 3.63) is 51.1 Å². The van der Waals surface area contributed by atoms with Gasteiger partial charge in [0.1, 0.15) is 27.9 Å². The van der Waals surface area contributed by atoms with Crippen LogP contribution >= 0.6 is 23.2 Å². The Kier molecular flexibility index (Phi) is 6.52. The molecule has 31 heavy (non-hydrogen) atoms. The van der Waals surface area contributed by atoms with Gasteiger partial charge in [0.2, 0.25) is 5.88 Å². The highest BCUT2D eigenvalue weighted by atomic mass is 35.5. The minimum Gasteiger partial charge on any atom is -0.438 e. The van der Waals surface area contributed by atoms with E-state index in [-0.39, 0.29) is 22.5 Å². The first-order valence-corrected chi connectivity index (χ1v) is 11.1. The number of aromatic nitrogens is 1. The second kappa shape index (κ2) is 8.53. The van der Waals surface area contributed by atoms with Crippen molar-refractivity contribution < 1.29 is 19.1 Å². The first kappa shape index (κ1) is 23.7. The van der Waals surface area contributed by atoms with Crippen LogP contribution < -0.4 is 4.74 Å². The maximum absolute atomic E-state index is 13.2. The summed E-state index contributed by atoms with van der Waals surface area (Å²) in [7, 11) is 0. The summed E-state index contributed by atoms with van der Waals surface area (Å²) >= 11 is 12.4. The molecule has 1 aliphatic rings. The van der Waals surface area contributed by atoms with E-state index in [1.807, 2.05) is 19.9 Å². The predicted molar refractivity (Wildman–Crippen MR) is 122 cm³/mol. The Labute approximate surface area is 193 Å². The van der Waals surface area contributed by atoms with Crippen LogP contribution in [-0.4, -0.2) is 27.8 Å². The van der Waals surface area contributed by atoms with Crippen LogP contribution in [0.2, 0.25) is 10.0 Å². The quantitative estimate of drug-likeness (QED) is 0.499. The van der Waals surface area contributed by atoms with Gasteiger partial charge in [-0.15, -0.1) is 0 Å². The lowest BCUT2D eigenvalue weighted by molar-refractivity contribution is -0.184. The first-order chi connectivity index (χ1) is 14.4. The SMILES string of the molecule is CCc1ccc(Oc2nc(CC)c(Cl)cc2Cl)cc1C1C(=O)C(C)(C)OC(C)(C)C1=O. The number of halogens is 2.